The van der Waals surface area contributed by atoms with Crippen LogP contribution in [-0.2, 0) is 4.74 Å². The highest BCUT2D eigenvalue weighted by molar-refractivity contribution is 9.11. The molecular formula is C12H21BrO. The number of rotatable bonds is 2. The van der Waals surface area contributed by atoms with Crippen LogP contribution in [0.3, 0.4) is 0 Å². The van der Waals surface area contributed by atoms with Gasteiger partial charge in [0, 0.05) is 11.6 Å². The average Bonchev–Trinajstić information content (AvgIpc) is 2.42. The predicted molar refractivity (Wildman–Crippen MR) is 64.6 cm³/mol. The fourth-order valence-electron chi connectivity index (χ4n) is 1.97. The highest BCUT2D eigenvalue weighted by atomic mass is 79.9. The molecule has 0 amide bonds. The van der Waals surface area contributed by atoms with Crippen LogP contribution in [0.5, 0.6) is 0 Å². The second-order valence-electron chi connectivity index (χ2n) is 5.65. The maximum Gasteiger partial charge on any atom is 0.0935 e. The van der Waals surface area contributed by atoms with E-state index in [0.29, 0.717) is 10.8 Å². The van der Waals surface area contributed by atoms with Crippen molar-refractivity contribution < 1.29 is 4.74 Å². The molecule has 1 aliphatic carbocycles. The Balaban J connectivity index is 3.13. The van der Waals surface area contributed by atoms with E-state index in [0.717, 1.165) is 0 Å². The molecule has 2 heteroatoms. The van der Waals surface area contributed by atoms with Gasteiger partial charge in [-0.05, 0) is 30.3 Å². The molecule has 1 saturated carbocycles. The van der Waals surface area contributed by atoms with Gasteiger partial charge in [0.05, 0.1) is 5.60 Å². The largest absolute Gasteiger partial charge is 0.374 e. The third kappa shape index (κ3) is 1.47. The zero-order chi connectivity index (χ0) is 11.4. The normalized spacial score (nSPS) is 23.6. The Labute approximate surface area is 96.0 Å². The third-order valence-corrected chi connectivity index (χ3v) is 5.36. The lowest BCUT2D eigenvalue weighted by atomic mass is 10.0. The first-order valence-electron chi connectivity index (χ1n) is 5.05. The van der Waals surface area contributed by atoms with E-state index in [-0.39, 0.29) is 5.60 Å². The molecule has 0 atom stereocenters. The van der Waals surface area contributed by atoms with Crippen LogP contribution in [0.2, 0.25) is 0 Å². The van der Waals surface area contributed by atoms with Gasteiger partial charge < -0.3 is 4.74 Å². The molecule has 0 unspecified atom stereocenters. The predicted octanol–water partition coefficient (Wildman–Crippen LogP) is 4.13. The maximum absolute atomic E-state index is 5.48. The number of allylic oxidation sites excluding steroid dienone is 1. The Morgan fingerprint density at radius 2 is 1.50 bits per heavy atom. The molecule has 0 aromatic carbocycles. The highest BCUT2D eigenvalue weighted by Crippen LogP contribution is 2.70. The van der Waals surface area contributed by atoms with E-state index in [4.69, 9.17) is 4.74 Å². The van der Waals surface area contributed by atoms with E-state index in [1.807, 2.05) is 0 Å². The number of ether oxygens (including phenoxy) is 1. The van der Waals surface area contributed by atoms with E-state index in [9.17, 15) is 0 Å². The molecule has 14 heavy (non-hydrogen) atoms. The molecule has 82 valence electrons. The fraction of sp³-hybridized carbons (Fsp3) is 0.833. The Morgan fingerprint density at radius 1 is 1.14 bits per heavy atom. The molecule has 0 saturated heterocycles. The van der Waals surface area contributed by atoms with E-state index >= 15 is 0 Å². The summed E-state index contributed by atoms with van der Waals surface area (Å²) in [6.07, 6.45) is 0. The Morgan fingerprint density at radius 3 is 1.71 bits per heavy atom. The van der Waals surface area contributed by atoms with Crippen molar-refractivity contribution in [1.82, 2.24) is 0 Å². The van der Waals surface area contributed by atoms with Gasteiger partial charge in [0.15, 0.2) is 0 Å². The summed E-state index contributed by atoms with van der Waals surface area (Å²) in [5, 5.41) is 0. The van der Waals surface area contributed by atoms with Crippen molar-refractivity contribution in [1.29, 1.82) is 0 Å². The summed E-state index contributed by atoms with van der Waals surface area (Å²) in [6, 6.07) is 0. The smallest absolute Gasteiger partial charge is 0.0935 e. The molecule has 0 aromatic heterocycles. The van der Waals surface area contributed by atoms with E-state index in [1.165, 1.54) is 10.1 Å². The summed E-state index contributed by atoms with van der Waals surface area (Å²) in [5.74, 6) is 0. The van der Waals surface area contributed by atoms with Crippen LogP contribution in [-0.4, -0.2) is 12.7 Å². The van der Waals surface area contributed by atoms with Crippen LogP contribution < -0.4 is 0 Å². The van der Waals surface area contributed by atoms with Crippen molar-refractivity contribution >= 4 is 15.9 Å². The summed E-state index contributed by atoms with van der Waals surface area (Å²) < 4.78 is 6.69. The van der Waals surface area contributed by atoms with Crippen molar-refractivity contribution in [3.63, 3.8) is 0 Å². The molecule has 0 radical (unpaired) electrons. The van der Waals surface area contributed by atoms with Gasteiger partial charge in [-0.15, -0.1) is 0 Å². The number of hydrogen-bond donors (Lipinski definition) is 0. The number of halogens is 1. The first-order valence-corrected chi connectivity index (χ1v) is 5.84. The van der Waals surface area contributed by atoms with Gasteiger partial charge >= 0.3 is 0 Å². The topological polar surface area (TPSA) is 9.23 Å². The van der Waals surface area contributed by atoms with Crippen molar-refractivity contribution in [2.75, 3.05) is 7.11 Å². The zero-order valence-corrected chi connectivity index (χ0v) is 11.9. The van der Waals surface area contributed by atoms with Crippen molar-refractivity contribution in [2.24, 2.45) is 10.8 Å². The van der Waals surface area contributed by atoms with Crippen molar-refractivity contribution in [2.45, 2.75) is 47.1 Å². The summed E-state index contributed by atoms with van der Waals surface area (Å²) in [7, 11) is 1.75. The molecule has 0 spiro atoms. The molecule has 1 fully saturated rings. The first-order chi connectivity index (χ1) is 6.09. The maximum atomic E-state index is 5.48. The molecular weight excluding hydrogens is 240 g/mol. The minimum atomic E-state index is -0.208. The van der Waals surface area contributed by atoms with Crippen LogP contribution in [0.4, 0.5) is 0 Å². The van der Waals surface area contributed by atoms with Crippen LogP contribution in [0.15, 0.2) is 10.1 Å². The first kappa shape index (κ1) is 12.3. The summed E-state index contributed by atoms with van der Waals surface area (Å²) in [6.45, 7) is 13.3. The van der Waals surface area contributed by atoms with Crippen molar-refractivity contribution in [3.05, 3.63) is 10.1 Å². The van der Waals surface area contributed by atoms with Crippen LogP contribution in [0.25, 0.3) is 0 Å². The van der Waals surface area contributed by atoms with Gasteiger partial charge in [0.25, 0.3) is 0 Å². The number of methoxy groups -OCH3 is 1. The van der Waals surface area contributed by atoms with E-state index < -0.39 is 0 Å². The molecule has 0 N–H and O–H groups in total. The Bertz CT molecular complexity index is 269. The summed E-state index contributed by atoms with van der Waals surface area (Å²) in [5.41, 5.74) is 1.86. The van der Waals surface area contributed by atoms with Gasteiger partial charge in [-0.1, -0.05) is 43.6 Å². The molecule has 0 aromatic rings. The molecule has 1 aliphatic rings. The van der Waals surface area contributed by atoms with Crippen LogP contribution in [0.1, 0.15) is 41.5 Å². The fourth-order valence-corrected chi connectivity index (χ4v) is 3.12. The van der Waals surface area contributed by atoms with E-state index in [1.54, 1.807) is 7.11 Å². The van der Waals surface area contributed by atoms with Gasteiger partial charge in [0.1, 0.15) is 0 Å². The lowest BCUT2D eigenvalue weighted by molar-refractivity contribution is 0.0623. The molecule has 1 nitrogen and oxygen atoms in total. The van der Waals surface area contributed by atoms with Crippen LogP contribution >= 0.6 is 15.9 Å². The second-order valence-corrected chi connectivity index (χ2v) is 6.45. The van der Waals surface area contributed by atoms with Crippen LogP contribution in [0, 0.1) is 10.8 Å². The molecule has 1 rings (SSSR count). The van der Waals surface area contributed by atoms with Gasteiger partial charge in [-0.25, -0.2) is 0 Å². The van der Waals surface area contributed by atoms with Gasteiger partial charge in [-0.3, -0.25) is 0 Å². The molecule has 0 bridgehead atoms. The summed E-state index contributed by atoms with van der Waals surface area (Å²) in [4.78, 5) is 0. The monoisotopic (exact) mass is 260 g/mol. The Kier molecular flexibility index (Phi) is 2.70. The second kappa shape index (κ2) is 3.08. The molecule has 0 aliphatic heterocycles. The quantitative estimate of drug-likeness (QED) is 0.726. The zero-order valence-electron chi connectivity index (χ0n) is 10.3. The highest BCUT2D eigenvalue weighted by Gasteiger charge is 2.62. The van der Waals surface area contributed by atoms with Gasteiger partial charge in [0.2, 0.25) is 0 Å². The average molecular weight is 261 g/mol. The SMILES string of the molecule is COC(C)(C)C(Br)=C1C(C)(C)C1(C)C. The lowest BCUT2D eigenvalue weighted by Crippen LogP contribution is -2.23. The Hall–Kier alpha value is 0.180. The van der Waals surface area contributed by atoms with Crippen molar-refractivity contribution in [3.8, 4) is 0 Å². The minimum Gasteiger partial charge on any atom is -0.374 e. The standard InChI is InChI=1S/C12H21BrO/c1-10(2)8(11(10,3)4)9(13)12(5,6)14-7/h1-7H3. The lowest BCUT2D eigenvalue weighted by Gasteiger charge is -2.23. The van der Waals surface area contributed by atoms with E-state index in [2.05, 4.69) is 57.5 Å². The van der Waals surface area contributed by atoms with Gasteiger partial charge in [-0.2, -0.15) is 0 Å². The minimum absolute atomic E-state index is 0.208. The number of hydrogen-bond acceptors (Lipinski definition) is 1. The third-order valence-electron chi connectivity index (χ3n) is 4.01. The molecule has 0 heterocycles. The summed E-state index contributed by atoms with van der Waals surface area (Å²) >= 11 is 3.69.